The molecule has 0 atom stereocenters. The van der Waals surface area contributed by atoms with Crippen molar-refractivity contribution in [3.05, 3.63) is 109 Å². The van der Waals surface area contributed by atoms with Crippen LogP contribution >= 0.6 is 11.3 Å². The minimum atomic E-state index is 0.663. The van der Waals surface area contributed by atoms with Gasteiger partial charge in [0.1, 0.15) is 5.01 Å². The Morgan fingerprint density at radius 2 is 1.40 bits per heavy atom. The van der Waals surface area contributed by atoms with Crippen molar-refractivity contribution in [1.29, 1.82) is 0 Å². The average molecular weight is 467 g/mol. The van der Waals surface area contributed by atoms with E-state index in [1.54, 1.807) is 11.3 Å². The minimum Gasteiger partial charge on any atom is -0.253 e. The number of rotatable bonds is 3. The molecule has 0 saturated carbocycles. The number of benzene rings is 4. The lowest BCUT2D eigenvalue weighted by molar-refractivity contribution is 1.21. The van der Waals surface area contributed by atoms with E-state index in [-0.39, 0.29) is 0 Å². The Labute approximate surface area is 205 Å². The third-order valence-corrected chi connectivity index (χ3v) is 7.23. The molecule has 7 aromatic rings. The van der Waals surface area contributed by atoms with Crippen molar-refractivity contribution in [2.24, 2.45) is 0 Å². The maximum absolute atomic E-state index is 5.03. The first-order valence-electron chi connectivity index (χ1n) is 11.4. The van der Waals surface area contributed by atoms with E-state index < -0.39 is 0 Å². The highest BCUT2D eigenvalue weighted by molar-refractivity contribution is 7.21. The summed E-state index contributed by atoms with van der Waals surface area (Å²) in [5.41, 5.74) is 5.66. The topological polar surface area (TPSA) is 51.6 Å². The zero-order valence-corrected chi connectivity index (χ0v) is 19.4. The molecule has 4 aromatic carbocycles. The summed E-state index contributed by atoms with van der Waals surface area (Å²) in [5.74, 6) is 0.663. The summed E-state index contributed by atoms with van der Waals surface area (Å²) in [6.45, 7) is 0. The lowest BCUT2D eigenvalue weighted by Gasteiger charge is -2.11. The summed E-state index contributed by atoms with van der Waals surface area (Å²) in [7, 11) is 0. The van der Waals surface area contributed by atoms with Gasteiger partial charge in [-0.1, -0.05) is 72.8 Å². The number of aromatic nitrogens is 4. The molecule has 0 N–H and O–H groups in total. The van der Waals surface area contributed by atoms with E-state index >= 15 is 0 Å². The van der Waals surface area contributed by atoms with Crippen LogP contribution in [0.4, 0.5) is 0 Å². The molecule has 3 aromatic heterocycles. The van der Waals surface area contributed by atoms with Crippen LogP contribution in [0.25, 0.3) is 65.2 Å². The van der Waals surface area contributed by atoms with Gasteiger partial charge in [0.05, 0.1) is 27.1 Å². The summed E-state index contributed by atoms with van der Waals surface area (Å²) in [6.07, 6.45) is 1.85. The van der Waals surface area contributed by atoms with E-state index in [1.807, 2.05) is 54.7 Å². The highest BCUT2D eigenvalue weighted by Gasteiger charge is 2.14. The van der Waals surface area contributed by atoms with Crippen molar-refractivity contribution in [2.45, 2.75) is 0 Å². The first-order chi connectivity index (χ1) is 17.3. The molecule has 7 rings (SSSR count). The Morgan fingerprint density at radius 1 is 0.571 bits per heavy atom. The van der Waals surface area contributed by atoms with Crippen LogP contribution in [0.3, 0.4) is 0 Å². The summed E-state index contributed by atoms with van der Waals surface area (Å²) in [4.78, 5) is 19.5. The fraction of sp³-hybridized carbons (Fsp3) is 0. The van der Waals surface area contributed by atoms with E-state index in [9.17, 15) is 0 Å². The molecule has 0 fully saturated rings. The molecule has 0 aliphatic carbocycles. The Balaban J connectivity index is 1.40. The highest BCUT2D eigenvalue weighted by atomic mass is 32.1. The normalized spacial score (nSPS) is 11.4. The van der Waals surface area contributed by atoms with Gasteiger partial charge in [-0.2, -0.15) is 0 Å². The van der Waals surface area contributed by atoms with Gasteiger partial charge in [0.15, 0.2) is 5.82 Å². The van der Waals surface area contributed by atoms with E-state index in [1.165, 1.54) is 0 Å². The molecule has 0 aliphatic rings. The molecule has 0 aliphatic heterocycles. The molecule has 5 heteroatoms. The van der Waals surface area contributed by atoms with Crippen molar-refractivity contribution in [3.8, 4) is 33.3 Å². The zero-order chi connectivity index (χ0) is 23.2. The summed E-state index contributed by atoms with van der Waals surface area (Å²) < 4.78 is 1.16. The molecule has 0 saturated heterocycles. The number of nitrogens with zero attached hydrogens (tertiary/aromatic N) is 4. The molecule has 0 bridgehead atoms. The molecule has 0 amide bonds. The van der Waals surface area contributed by atoms with Crippen LogP contribution in [0.5, 0.6) is 0 Å². The Bertz CT molecular complexity index is 1810. The Hall–Kier alpha value is -4.48. The quantitative estimate of drug-likeness (QED) is 0.249. The summed E-state index contributed by atoms with van der Waals surface area (Å²) in [5, 5.41) is 4.23. The lowest BCUT2D eigenvalue weighted by Crippen LogP contribution is -1.96. The van der Waals surface area contributed by atoms with Gasteiger partial charge in [0, 0.05) is 28.1 Å². The average Bonchev–Trinajstić information content (AvgIpc) is 3.37. The molecular weight excluding hydrogens is 448 g/mol. The Morgan fingerprint density at radius 3 is 2.26 bits per heavy atom. The lowest BCUT2D eigenvalue weighted by atomic mass is 10.0. The number of hydrogen-bond donors (Lipinski definition) is 0. The van der Waals surface area contributed by atoms with Gasteiger partial charge in [0.25, 0.3) is 0 Å². The van der Waals surface area contributed by atoms with Gasteiger partial charge in [-0.15, -0.1) is 11.3 Å². The van der Waals surface area contributed by atoms with Crippen molar-refractivity contribution in [3.63, 3.8) is 0 Å². The number of thiazole rings is 1. The fourth-order valence-electron chi connectivity index (χ4n) is 4.44. The maximum atomic E-state index is 5.03. The minimum absolute atomic E-state index is 0.663. The fourth-order valence-corrected chi connectivity index (χ4v) is 5.39. The summed E-state index contributed by atoms with van der Waals surface area (Å²) in [6, 6.07) is 35.1. The molecule has 4 nitrogen and oxygen atoms in total. The second kappa shape index (κ2) is 8.08. The van der Waals surface area contributed by atoms with Gasteiger partial charge >= 0.3 is 0 Å². The van der Waals surface area contributed by atoms with Crippen LogP contribution in [0.1, 0.15) is 0 Å². The first-order valence-corrected chi connectivity index (χ1v) is 12.2. The highest BCUT2D eigenvalue weighted by Crippen LogP contribution is 2.34. The molecule has 3 heterocycles. The van der Waals surface area contributed by atoms with E-state index in [0.29, 0.717) is 5.82 Å². The monoisotopic (exact) mass is 466 g/mol. The molecule has 164 valence electrons. The van der Waals surface area contributed by atoms with Gasteiger partial charge in [-0.05, 0) is 35.7 Å². The van der Waals surface area contributed by atoms with Gasteiger partial charge in [-0.3, -0.25) is 4.98 Å². The van der Waals surface area contributed by atoms with E-state index in [0.717, 1.165) is 59.4 Å². The van der Waals surface area contributed by atoms with E-state index in [4.69, 9.17) is 19.9 Å². The van der Waals surface area contributed by atoms with Crippen LogP contribution in [0.15, 0.2) is 109 Å². The molecule has 35 heavy (non-hydrogen) atoms. The van der Waals surface area contributed by atoms with Gasteiger partial charge < -0.3 is 0 Å². The van der Waals surface area contributed by atoms with E-state index in [2.05, 4.69) is 54.6 Å². The van der Waals surface area contributed by atoms with Crippen LogP contribution in [-0.2, 0) is 0 Å². The third-order valence-electron chi connectivity index (χ3n) is 6.17. The molecular formula is C30H18N4S. The SMILES string of the molecule is c1ccc(-c2nc(-c3ccc(-c4nc5ccccc5s4)nc3)nc3c2ccc2ccccc23)cc1. The largest absolute Gasteiger partial charge is 0.253 e. The van der Waals surface area contributed by atoms with Crippen molar-refractivity contribution in [1.82, 2.24) is 19.9 Å². The standard InChI is InChI=1S/C30H18N4S/c1-2-9-20(10-3-1)27-23-16-14-19-8-4-5-11-22(19)28(23)34-29(33-27)21-15-17-25(31-18-21)30-32-24-12-6-7-13-26(24)35-30/h1-18H. The number of pyridine rings is 1. The van der Waals surface area contributed by atoms with Gasteiger partial charge in [-0.25, -0.2) is 15.0 Å². The predicted molar refractivity (Wildman–Crippen MR) is 144 cm³/mol. The van der Waals surface area contributed by atoms with Crippen molar-refractivity contribution in [2.75, 3.05) is 0 Å². The molecule has 0 unspecified atom stereocenters. The van der Waals surface area contributed by atoms with Crippen LogP contribution in [0.2, 0.25) is 0 Å². The maximum Gasteiger partial charge on any atom is 0.162 e. The number of hydrogen-bond acceptors (Lipinski definition) is 5. The van der Waals surface area contributed by atoms with Crippen molar-refractivity contribution >= 4 is 43.2 Å². The smallest absolute Gasteiger partial charge is 0.162 e. The van der Waals surface area contributed by atoms with Crippen LogP contribution in [0, 0.1) is 0 Å². The predicted octanol–water partition coefficient (Wildman–Crippen LogP) is 7.79. The Kier molecular flexibility index (Phi) is 4.60. The first kappa shape index (κ1) is 19.9. The summed E-state index contributed by atoms with van der Waals surface area (Å²) >= 11 is 1.65. The molecule has 0 radical (unpaired) electrons. The number of fused-ring (bicyclic) bond motifs is 4. The van der Waals surface area contributed by atoms with Gasteiger partial charge in [0.2, 0.25) is 0 Å². The van der Waals surface area contributed by atoms with Crippen LogP contribution in [-0.4, -0.2) is 19.9 Å². The second-order valence-electron chi connectivity index (χ2n) is 8.36. The van der Waals surface area contributed by atoms with Crippen molar-refractivity contribution < 1.29 is 0 Å². The van der Waals surface area contributed by atoms with Crippen LogP contribution < -0.4 is 0 Å². The number of para-hydroxylation sites is 1. The zero-order valence-electron chi connectivity index (χ0n) is 18.6. The third kappa shape index (κ3) is 3.45. The second-order valence-corrected chi connectivity index (χ2v) is 9.39. The molecule has 0 spiro atoms.